The Balaban J connectivity index is 0.00000256. The minimum Gasteiger partial charge on any atom is -0.481 e. The number of benzene rings is 2. The molecule has 2 aliphatic rings. The van der Waals surface area contributed by atoms with E-state index in [0.717, 1.165) is 47.4 Å². The lowest BCUT2D eigenvalue weighted by Crippen LogP contribution is -2.49. The first kappa shape index (κ1) is 23.6. The van der Waals surface area contributed by atoms with Crippen molar-refractivity contribution in [2.45, 2.75) is 31.2 Å². The van der Waals surface area contributed by atoms with Crippen LogP contribution in [0.4, 0.5) is 11.4 Å². The van der Waals surface area contributed by atoms with Gasteiger partial charge in [0.2, 0.25) is 0 Å². The van der Waals surface area contributed by atoms with Crippen molar-refractivity contribution in [3.8, 4) is 0 Å². The summed E-state index contributed by atoms with van der Waals surface area (Å²) in [5.74, 6) is -0.166. The quantitative estimate of drug-likeness (QED) is 0.384. The van der Waals surface area contributed by atoms with Crippen molar-refractivity contribution in [3.05, 3.63) is 58.0 Å². The van der Waals surface area contributed by atoms with Crippen LogP contribution in [0, 0.1) is 0 Å². The maximum absolute atomic E-state index is 11.2. The summed E-state index contributed by atoms with van der Waals surface area (Å²) in [5.41, 5.74) is 1.43. The van der Waals surface area contributed by atoms with Crippen molar-refractivity contribution in [1.29, 1.82) is 0 Å². The SMILES string of the molecule is I.O=C(O)CSC1=NC(=Nc2ccc(Cl)cc2)C2(CCCC2)N1c1ccc(Br)cc1. The highest BCUT2D eigenvalue weighted by atomic mass is 127. The summed E-state index contributed by atoms with van der Waals surface area (Å²) >= 11 is 10.7. The van der Waals surface area contributed by atoms with Gasteiger partial charge in [0, 0.05) is 15.2 Å². The van der Waals surface area contributed by atoms with Crippen LogP contribution in [0.25, 0.3) is 0 Å². The van der Waals surface area contributed by atoms with Crippen molar-refractivity contribution in [2.75, 3.05) is 10.7 Å². The van der Waals surface area contributed by atoms with Crippen LogP contribution in [0.2, 0.25) is 5.02 Å². The highest BCUT2D eigenvalue weighted by Crippen LogP contribution is 2.45. The Morgan fingerprint density at radius 2 is 1.80 bits per heavy atom. The number of carbonyl (C=O) groups is 1. The number of hydrogen-bond acceptors (Lipinski definition) is 4. The number of thioether (sulfide) groups is 1. The first-order valence-electron chi connectivity index (χ1n) is 9.32. The number of aliphatic carboxylic acids is 1. The molecule has 1 aliphatic carbocycles. The standard InChI is InChI=1S/C21H19BrClN3O2S.HI/c22-14-3-9-17(10-4-14)26-20(29-13-18(27)28)25-19(21(26)11-1-2-12-21)24-16-7-5-15(23)6-8-16;/h3-10H,1-2,11-13H2,(H,27,28);1H. The van der Waals surface area contributed by atoms with E-state index in [1.165, 1.54) is 11.8 Å². The van der Waals surface area contributed by atoms with Crippen LogP contribution >= 0.6 is 63.3 Å². The fraction of sp³-hybridized carbons (Fsp3) is 0.286. The van der Waals surface area contributed by atoms with Gasteiger partial charge in [-0.05, 0) is 61.4 Å². The van der Waals surface area contributed by atoms with Gasteiger partial charge >= 0.3 is 5.97 Å². The molecule has 1 N–H and O–H groups in total. The number of halogens is 3. The maximum atomic E-state index is 11.2. The molecule has 4 rings (SSSR count). The van der Waals surface area contributed by atoms with E-state index in [-0.39, 0.29) is 35.3 Å². The fourth-order valence-electron chi connectivity index (χ4n) is 3.87. The Morgan fingerprint density at radius 3 is 2.40 bits per heavy atom. The zero-order valence-corrected chi connectivity index (χ0v) is 21.4. The highest BCUT2D eigenvalue weighted by Gasteiger charge is 2.51. The lowest BCUT2D eigenvalue weighted by molar-refractivity contribution is -0.133. The van der Waals surface area contributed by atoms with Crippen molar-refractivity contribution in [3.63, 3.8) is 0 Å². The van der Waals surface area contributed by atoms with E-state index >= 15 is 0 Å². The number of aliphatic imine (C=N–C) groups is 2. The Bertz CT molecular complexity index is 977. The van der Waals surface area contributed by atoms with Gasteiger partial charge in [-0.3, -0.25) is 4.79 Å². The second kappa shape index (κ2) is 10.0. The molecular formula is C21H20BrClIN3O2S. The zero-order valence-electron chi connectivity index (χ0n) is 15.9. The van der Waals surface area contributed by atoms with Crippen LogP contribution in [-0.4, -0.2) is 33.4 Å². The number of carboxylic acid groups (broad SMARTS) is 1. The first-order chi connectivity index (χ1) is 14.0. The molecule has 0 atom stereocenters. The van der Waals surface area contributed by atoms with E-state index in [0.29, 0.717) is 10.2 Å². The molecule has 0 aromatic heterocycles. The van der Waals surface area contributed by atoms with E-state index < -0.39 is 5.97 Å². The molecule has 2 aromatic rings. The molecule has 1 saturated carbocycles. The van der Waals surface area contributed by atoms with Gasteiger partial charge in [-0.25, -0.2) is 9.98 Å². The summed E-state index contributed by atoms with van der Waals surface area (Å²) in [6.45, 7) is 0. The average Bonchev–Trinajstić information content (AvgIpc) is 3.29. The third-order valence-electron chi connectivity index (χ3n) is 5.14. The van der Waals surface area contributed by atoms with Gasteiger partial charge in [0.1, 0.15) is 5.54 Å². The number of nitrogens with zero attached hydrogens (tertiary/aromatic N) is 3. The first-order valence-corrected chi connectivity index (χ1v) is 11.5. The second-order valence-electron chi connectivity index (χ2n) is 7.04. The van der Waals surface area contributed by atoms with E-state index in [4.69, 9.17) is 21.6 Å². The van der Waals surface area contributed by atoms with Gasteiger partial charge < -0.3 is 10.0 Å². The second-order valence-corrected chi connectivity index (χ2v) is 9.33. The smallest absolute Gasteiger partial charge is 0.313 e. The third-order valence-corrected chi connectivity index (χ3v) is 6.84. The van der Waals surface area contributed by atoms with Crippen molar-refractivity contribution < 1.29 is 9.90 Å². The molecule has 0 saturated heterocycles. The molecule has 0 radical (unpaired) electrons. The normalized spacial score (nSPS) is 18.5. The Kier molecular flexibility index (Phi) is 7.86. The van der Waals surface area contributed by atoms with Crippen LogP contribution < -0.4 is 4.90 Å². The van der Waals surface area contributed by atoms with Crippen LogP contribution in [0.1, 0.15) is 25.7 Å². The zero-order chi connectivity index (χ0) is 20.4. The monoisotopic (exact) mass is 619 g/mol. The summed E-state index contributed by atoms with van der Waals surface area (Å²) < 4.78 is 0.993. The van der Waals surface area contributed by atoms with Crippen LogP contribution in [-0.2, 0) is 4.79 Å². The van der Waals surface area contributed by atoms with Gasteiger partial charge in [-0.2, -0.15) is 0 Å². The van der Waals surface area contributed by atoms with E-state index in [1.54, 1.807) is 0 Å². The molecule has 9 heteroatoms. The summed E-state index contributed by atoms with van der Waals surface area (Å²) in [5, 5.41) is 10.6. The molecule has 0 bridgehead atoms. The molecule has 1 fully saturated rings. The lowest BCUT2D eigenvalue weighted by atomic mass is 9.94. The van der Waals surface area contributed by atoms with Gasteiger partial charge in [0.05, 0.1) is 11.4 Å². The Labute approximate surface area is 210 Å². The number of anilines is 1. The summed E-state index contributed by atoms with van der Waals surface area (Å²) in [6.07, 6.45) is 4.02. The molecular weight excluding hydrogens is 601 g/mol. The van der Waals surface area contributed by atoms with Gasteiger partial charge in [0.25, 0.3) is 0 Å². The van der Waals surface area contributed by atoms with Crippen molar-refractivity contribution >= 4 is 91.6 Å². The van der Waals surface area contributed by atoms with Gasteiger partial charge in [-0.15, -0.1) is 24.0 Å². The van der Waals surface area contributed by atoms with E-state index in [1.807, 2.05) is 48.5 Å². The molecule has 1 spiro atoms. The molecule has 1 heterocycles. The third kappa shape index (κ3) is 4.87. The Hall–Kier alpha value is -1.10. The van der Waals surface area contributed by atoms with Crippen molar-refractivity contribution in [1.82, 2.24) is 0 Å². The highest BCUT2D eigenvalue weighted by molar-refractivity contribution is 14.0. The minimum atomic E-state index is -0.864. The van der Waals surface area contributed by atoms with Crippen LogP contribution in [0.3, 0.4) is 0 Å². The fourth-order valence-corrected chi connectivity index (χ4v) is 5.08. The number of carboxylic acids is 1. The van der Waals surface area contributed by atoms with Crippen LogP contribution in [0.5, 0.6) is 0 Å². The minimum absolute atomic E-state index is 0. The number of hydrogen-bond donors (Lipinski definition) is 1. The van der Waals surface area contributed by atoms with E-state index in [2.05, 4.69) is 20.8 Å². The van der Waals surface area contributed by atoms with Gasteiger partial charge in [-0.1, -0.05) is 52.1 Å². The number of amidine groups is 2. The molecule has 2 aromatic carbocycles. The van der Waals surface area contributed by atoms with Crippen LogP contribution in [0.15, 0.2) is 63.0 Å². The predicted molar refractivity (Wildman–Crippen MR) is 139 cm³/mol. The topological polar surface area (TPSA) is 65.3 Å². The molecule has 30 heavy (non-hydrogen) atoms. The average molecular weight is 621 g/mol. The molecule has 1 aliphatic heterocycles. The lowest BCUT2D eigenvalue weighted by Gasteiger charge is -2.36. The largest absolute Gasteiger partial charge is 0.481 e. The predicted octanol–water partition coefficient (Wildman–Crippen LogP) is 6.76. The van der Waals surface area contributed by atoms with Crippen molar-refractivity contribution in [2.24, 2.45) is 9.98 Å². The summed E-state index contributed by atoms with van der Waals surface area (Å²) in [4.78, 5) is 23.1. The maximum Gasteiger partial charge on any atom is 0.313 e. The molecule has 158 valence electrons. The van der Waals surface area contributed by atoms with Gasteiger partial charge in [0.15, 0.2) is 11.0 Å². The molecule has 0 amide bonds. The molecule has 5 nitrogen and oxygen atoms in total. The number of rotatable bonds is 4. The Morgan fingerprint density at radius 1 is 1.17 bits per heavy atom. The summed E-state index contributed by atoms with van der Waals surface area (Å²) in [7, 11) is 0. The summed E-state index contributed by atoms with van der Waals surface area (Å²) in [6, 6.07) is 15.4. The molecule has 0 unspecified atom stereocenters. The van der Waals surface area contributed by atoms with E-state index in [9.17, 15) is 9.90 Å².